The molecule has 1 fully saturated rings. The molecule has 0 aromatic rings. The zero-order valence-electron chi connectivity index (χ0n) is 6.52. The zero-order valence-corrected chi connectivity index (χ0v) is 7.52. The van der Waals surface area contributed by atoms with E-state index in [0.29, 0.717) is 19.4 Å². The summed E-state index contributed by atoms with van der Waals surface area (Å²) in [6.07, 6.45) is 1.12. The van der Waals surface area contributed by atoms with Crippen molar-refractivity contribution in [1.29, 1.82) is 0 Å². The molecule has 70 valence electrons. The van der Waals surface area contributed by atoms with Gasteiger partial charge in [-0.25, -0.2) is 12.3 Å². The third-order valence-corrected chi connectivity index (χ3v) is 2.63. The van der Waals surface area contributed by atoms with Gasteiger partial charge < -0.3 is 4.90 Å². The highest BCUT2D eigenvalue weighted by atomic mass is 28.5. The average Bonchev–Trinajstić information content (AvgIpc) is 2.29. The van der Waals surface area contributed by atoms with Gasteiger partial charge in [-0.3, -0.25) is 4.79 Å². The van der Waals surface area contributed by atoms with Crippen molar-refractivity contribution >= 4 is 15.0 Å². The molecule has 1 heterocycles. The van der Waals surface area contributed by atoms with Crippen molar-refractivity contribution in [2.24, 2.45) is 0 Å². The van der Waals surface area contributed by atoms with E-state index in [1.54, 1.807) is 0 Å². The molecule has 1 saturated heterocycles. The molecule has 0 radical (unpaired) electrons. The van der Waals surface area contributed by atoms with Gasteiger partial charge in [-0.2, -0.15) is 0 Å². The van der Waals surface area contributed by atoms with Crippen LogP contribution < -0.4 is 0 Å². The highest BCUT2D eigenvalue weighted by Gasteiger charge is 2.37. The van der Waals surface area contributed by atoms with Crippen LogP contribution in [0.25, 0.3) is 0 Å². The summed E-state index contributed by atoms with van der Waals surface area (Å²) in [4.78, 5) is 12.2. The average molecular weight is 197 g/mol. The number of likely N-dealkylation sites (tertiary alicyclic amines) is 1. The lowest BCUT2D eigenvalue weighted by Crippen LogP contribution is -2.30. The molecule has 12 heavy (non-hydrogen) atoms. The standard InChI is InChI=1S/C6H10F3NOSi/c7-12(8,9)5-4-10-3-1-2-6(10)11/h1-5H2. The lowest BCUT2D eigenvalue weighted by Gasteiger charge is -2.14. The second kappa shape index (κ2) is 3.47. The SMILES string of the molecule is O=C1CCCN1CC[Si](F)(F)F. The zero-order chi connectivity index (χ0) is 9.19. The lowest BCUT2D eigenvalue weighted by molar-refractivity contribution is -0.127. The maximum Gasteiger partial charge on any atom is 0.617 e. The van der Waals surface area contributed by atoms with E-state index in [1.165, 1.54) is 4.90 Å². The third-order valence-electron chi connectivity index (χ3n) is 1.84. The van der Waals surface area contributed by atoms with Crippen LogP contribution in [0.1, 0.15) is 12.8 Å². The van der Waals surface area contributed by atoms with E-state index in [0.717, 1.165) is 0 Å². The molecule has 1 aliphatic rings. The summed E-state index contributed by atoms with van der Waals surface area (Å²) >= 11 is 0. The molecule has 0 atom stereocenters. The van der Waals surface area contributed by atoms with Crippen LogP contribution in [0.3, 0.4) is 0 Å². The predicted molar refractivity (Wildman–Crippen MR) is 39.7 cm³/mol. The molecule has 0 aliphatic carbocycles. The quantitative estimate of drug-likeness (QED) is 0.495. The summed E-state index contributed by atoms with van der Waals surface area (Å²) in [5.74, 6) is -0.131. The monoisotopic (exact) mass is 197 g/mol. The molecule has 0 N–H and O–H groups in total. The smallest absolute Gasteiger partial charge is 0.343 e. The molecule has 0 spiro atoms. The molecule has 0 aromatic carbocycles. The van der Waals surface area contributed by atoms with E-state index in [9.17, 15) is 17.1 Å². The second-order valence-electron chi connectivity index (χ2n) is 2.85. The van der Waals surface area contributed by atoms with Crippen LogP contribution >= 0.6 is 0 Å². The van der Waals surface area contributed by atoms with Gasteiger partial charge in [0.15, 0.2) is 0 Å². The lowest BCUT2D eigenvalue weighted by atomic mass is 10.4. The maximum atomic E-state index is 11.8. The van der Waals surface area contributed by atoms with Crippen LogP contribution in [0.5, 0.6) is 0 Å². The van der Waals surface area contributed by atoms with E-state index >= 15 is 0 Å². The number of halogens is 3. The third kappa shape index (κ3) is 2.84. The Morgan fingerprint density at radius 1 is 1.42 bits per heavy atom. The van der Waals surface area contributed by atoms with E-state index in [-0.39, 0.29) is 12.5 Å². The van der Waals surface area contributed by atoms with Crippen molar-refractivity contribution in [2.45, 2.75) is 18.9 Å². The Bertz CT molecular complexity index is 182. The van der Waals surface area contributed by atoms with Crippen molar-refractivity contribution < 1.29 is 17.1 Å². The number of hydrogen-bond acceptors (Lipinski definition) is 1. The molecule has 6 heteroatoms. The van der Waals surface area contributed by atoms with Gasteiger partial charge >= 0.3 is 9.08 Å². The van der Waals surface area contributed by atoms with Crippen LogP contribution in [0.15, 0.2) is 0 Å². The van der Waals surface area contributed by atoms with Crippen molar-refractivity contribution in [3.8, 4) is 0 Å². The Morgan fingerprint density at radius 2 is 2.08 bits per heavy atom. The first-order valence-electron chi connectivity index (χ1n) is 3.83. The Hall–Kier alpha value is -0.523. The van der Waals surface area contributed by atoms with E-state index in [1.807, 2.05) is 0 Å². The molecule has 0 saturated carbocycles. The van der Waals surface area contributed by atoms with Crippen LogP contribution in [-0.4, -0.2) is 33.0 Å². The van der Waals surface area contributed by atoms with Crippen LogP contribution in [0.4, 0.5) is 12.3 Å². The Kier molecular flexibility index (Phi) is 2.76. The Labute approximate surface area is 69.9 Å². The van der Waals surface area contributed by atoms with Crippen LogP contribution in [0.2, 0.25) is 6.04 Å². The minimum absolute atomic E-state index is 0.117. The van der Waals surface area contributed by atoms with Crippen molar-refractivity contribution in [3.63, 3.8) is 0 Å². The fourth-order valence-electron chi connectivity index (χ4n) is 1.20. The highest BCUT2D eigenvalue weighted by Crippen LogP contribution is 2.17. The largest absolute Gasteiger partial charge is 0.617 e. The minimum atomic E-state index is -5.45. The van der Waals surface area contributed by atoms with Crippen molar-refractivity contribution in [1.82, 2.24) is 4.90 Å². The summed E-state index contributed by atoms with van der Waals surface area (Å²) in [6, 6.07) is -0.751. The number of rotatable bonds is 3. The first-order chi connectivity index (χ1) is 5.49. The summed E-state index contributed by atoms with van der Waals surface area (Å²) in [5.41, 5.74) is 0. The van der Waals surface area contributed by atoms with E-state index in [2.05, 4.69) is 0 Å². The summed E-state index contributed by atoms with van der Waals surface area (Å²) < 4.78 is 35.5. The molecule has 0 unspecified atom stereocenters. The molecule has 1 amide bonds. The van der Waals surface area contributed by atoms with Gasteiger partial charge in [0.1, 0.15) is 0 Å². The van der Waals surface area contributed by atoms with Gasteiger partial charge in [-0.1, -0.05) is 0 Å². The normalized spacial score (nSPS) is 18.9. The van der Waals surface area contributed by atoms with Crippen molar-refractivity contribution in [2.75, 3.05) is 13.1 Å². The van der Waals surface area contributed by atoms with Gasteiger partial charge in [-0.05, 0) is 6.42 Å². The number of carbonyl (C=O) groups is 1. The van der Waals surface area contributed by atoms with Crippen LogP contribution in [-0.2, 0) is 4.79 Å². The predicted octanol–water partition coefficient (Wildman–Crippen LogP) is 1.46. The second-order valence-corrected chi connectivity index (χ2v) is 4.58. The first kappa shape index (κ1) is 9.56. The van der Waals surface area contributed by atoms with Gasteiger partial charge in [-0.15, -0.1) is 0 Å². The first-order valence-corrected chi connectivity index (χ1v) is 5.68. The van der Waals surface area contributed by atoms with Crippen molar-refractivity contribution in [3.05, 3.63) is 0 Å². The summed E-state index contributed by atoms with van der Waals surface area (Å²) in [6.45, 7) is 0.387. The fraction of sp³-hybridized carbons (Fsp3) is 0.833. The highest BCUT2D eigenvalue weighted by molar-refractivity contribution is 6.58. The molecule has 1 aliphatic heterocycles. The number of amides is 1. The van der Waals surface area contributed by atoms with Gasteiger partial charge in [0.05, 0.1) is 0 Å². The Morgan fingerprint density at radius 3 is 2.50 bits per heavy atom. The number of carbonyl (C=O) groups excluding carboxylic acids is 1. The van der Waals surface area contributed by atoms with Gasteiger partial charge in [0.25, 0.3) is 0 Å². The molecule has 0 bridgehead atoms. The molecular weight excluding hydrogens is 187 g/mol. The summed E-state index contributed by atoms with van der Waals surface area (Å²) in [7, 11) is -5.45. The van der Waals surface area contributed by atoms with Gasteiger partial charge in [0, 0.05) is 25.6 Å². The molecule has 2 nitrogen and oxygen atoms in total. The maximum absolute atomic E-state index is 11.8. The fourth-order valence-corrected chi connectivity index (χ4v) is 1.73. The topological polar surface area (TPSA) is 20.3 Å². The van der Waals surface area contributed by atoms with E-state index in [4.69, 9.17) is 0 Å². The minimum Gasteiger partial charge on any atom is -0.343 e. The number of nitrogens with zero attached hydrogens (tertiary/aromatic N) is 1. The summed E-state index contributed by atoms with van der Waals surface area (Å²) in [5, 5.41) is 0. The molecule has 0 aromatic heterocycles. The molecule has 1 rings (SSSR count). The molecular formula is C6H10F3NOSi. The van der Waals surface area contributed by atoms with E-state index < -0.39 is 15.1 Å². The van der Waals surface area contributed by atoms with Crippen LogP contribution in [0, 0.1) is 0 Å². The number of hydrogen-bond donors (Lipinski definition) is 0. The Balaban J connectivity index is 2.27. The van der Waals surface area contributed by atoms with Gasteiger partial charge in [0.2, 0.25) is 5.91 Å².